The molecule has 214 valence electrons. The fraction of sp³-hybridized carbons (Fsp3) is 0.448. The first-order valence-corrected chi connectivity index (χ1v) is 15.1. The van der Waals surface area contributed by atoms with E-state index in [1.54, 1.807) is 18.2 Å². The fourth-order valence-electron chi connectivity index (χ4n) is 5.63. The highest BCUT2D eigenvalue weighted by molar-refractivity contribution is 7.92. The predicted molar refractivity (Wildman–Crippen MR) is 143 cm³/mol. The van der Waals surface area contributed by atoms with E-state index in [0.29, 0.717) is 31.6 Å². The van der Waals surface area contributed by atoms with E-state index < -0.39 is 27.8 Å². The van der Waals surface area contributed by atoms with Crippen LogP contribution in [0.5, 0.6) is 0 Å². The molecule has 1 aliphatic heterocycles. The minimum absolute atomic E-state index is 0.0517. The molecule has 0 saturated heterocycles. The molecule has 40 heavy (non-hydrogen) atoms. The lowest BCUT2D eigenvalue weighted by Crippen LogP contribution is -2.30. The number of hydrogen-bond acceptors (Lipinski definition) is 5. The van der Waals surface area contributed by atoms with E-state index in [2.05, 4.69) is 14.7 Å². The Morgan fingerprint density at radius 2 is 1.73 bits per heavy atom. The summed E-state index contributed by atoms with van der Waals surface area (Å²) in [6.45, 7) is 1.46. The first-order chi connectivity index (χ1) is 19.1. The topological polar surface area (TPSA) is 75.2 Å². The highest BCUT2D eigenvalue weighted by Crippen LogP contribution is 2.30. The maximum Gasteiger partial charge on any atom is 0.451 e. The molecule has 3 aromatic rings. The standard InChI is InChI=1S/C29H32F4N4O2S/c30-26-14-21(7-3-6-20-4-1-2-5-20)8-11-27(26)36-40(38,39)25-10-9-24-19-37(13-12-23(24)15-25)18-22-16-34-28(35-17-22)29(31,32)33/h8-11,14-17,20,36H,1-7,12-13,18-19H2. The first kappa shape index (κ1) is 28.5. The van der Waals surface area contributed by atoms with Gasteiger partial charge in [0.05, 0.1) is 10.6 Å². The molecule has 1 N–H and O–H groups in total. The second-order valence-corrected chi connectivity index (χ2v) is 12.4. The molecule has 0 bridgehead atoms. The molecule has 0 spiro atoms. The molecule has 0 atom stereocenters. The molecule has 1 aromatic heterocycles. The average molecular weight is 577 g/mol. The molecule has 2 aromatic carbocycles. The molecular weight excluding hydrogens is 544 g/mol. The lowest BCUT2D eigenvalue weighted by molar-refractivity contribution is -0.145. The number of halogens is 4. The highest BCUT2D eigenvalue weighted by atomic mass is 32.2. The van der Waals surface area contributed by atoms with Gasteiger partial charge in [0.25, 0.3) is 10.0 Å². The van der Waals surface area contributed by atoms with Crippen molar-refractivity contribution in [1.82, 2.24) is 14.9 Å². The van der Waals surface area contributed by atoms with Gasteiger partial charge in [-0.25, -0.2) is 22.8 Å². The van der Waals surface area contributed by atoms with Crippen molar-refractivity contribution in [2.24, 2.45) is 5.92 Å². The number of fused-ring (bicyclic) bond motifs is 1. The third-order valence-corrected chi connectivity index (χ3v) is 9.14. The Labute approximate surface area is 231 Å². The number of benzene rings is 2. The number of aromatic nitrogens is 2. The zero-order chi connectivity index (χ0) is 28.3. The van der Waals surface area contributed by atoms with Gasteiger partial charge in [-0.3, -0.25) is 9.62 Å². The van der Waals surface area contributed by atoms with Crippen LogP contribution in [0.25, 0.3) is 0 Å². The number of nitrogens with zero attached hydrogens (tertiary/aromatic N) is 3. The van der Waals surface area contributed by atoms with Crippen LogP contribution >= 0.6 is 0 Å². The molecule has 0 unspecified atom stereocenters. The van der Waals surface area contributed by atoms with Crippen molar-refractivity contribution in [2.75, 3.05) is 11.3 Å². The van der Waals surface area contributed by atoms with Crippen molar-refractivity contribution in [3.05, 3.63) is 82.7 Å². The summed E-state index contributed by atoms with van der Waals surface area (Å²) in [6, 6.07) is 9.49. The normalized spacial score (nSPS) is 16.7. The van der Waals surface area contributed by atoms with E-state index >= 15 is 0 Å². The minimum atomic E-state index is -4.58. The van der Waals surface area contributed by atoms with E-state index in [1.807, 2.05) is 4.90 Å². The third-order valence-electron chi connectivity index (χ3n) is 7.77. The molecule has 1 aliphatic carbocycles. The molecule has 2 aliphatic rings. The molecule has 11 heteroatoms. The summed E-state index contributed by atoms with van der Waals surface area (Å²) in [7, 11) is -4.00. The average Bonchev–Trinajstić information content (AvgIpc) is 3.43. The predicted octanol–water partition coefficient (Wildman–Crippen LogP) is 6.51. The van der Waals surface area contributed by atoms with Gasteiger partial charge in [-0.15, -0.1) is 0 Å². The van der Waals surface area contributed by atoms with E-state index in [4.69, 9.17) is 0 Å². The maximum atomic E-state index is 14.8. The van der Waals surface area contributed by atoms with Crippen LogP contribution in [0.3, 0.4) is 0 Å². The van der Waals surface area contributed by atoms with Crippen molar-refractivity contribution >= 4 is 15.7 Å². The third kappa shape index (κ3) is 6.98. The van der Waals surface area contributed by atoms with Crippen molar-refractivity contribution < 1.29 is 26.0 Å². The van der Waals surface area contributed by atoms with Gasteiger partial charge >= 0.3 is 6.18 Å². The zero-order valence-corrected chi connectivity index (χ0v) is 22.9. The Hall–Kier alpha value is -3.05. The Balaban J connectivity index is 1.19. The molecular formula is C29H32F4N4O2S. The van der Waals surface area contributed by atoms with Gasteiger partial charge in [0.1, 0.15) is 5.82 Å². The number of nitrogens with one attached hydrogen (secondary N) is 1. The van der Waals surface area contributed by atoms with Gasteiger partial charge in [-0.2, -0.15) is 13.2 Å². The molecule has 1 saturated carbocycles. The molecule has 6 nitrogen and oxygen atoms in total. The maximum absolute atomic E-state index is 14.8. The molecule has 5 rings (SSSR count). The fourth-order valence-corrected chi connectivity index (χ4v) is 6.74. The number of hydrogen-bond donors (Lipinski definition) is 1. The summed E-state index contributed by atoms with van der Waals surface area (Å²) in [5, 5.41) is 0. The zero-order valence-electron chi connectivity index (χ0n) is 22.1. The van der Waals surface area contributed by atoms with Gasteiger partial charge in [0.15, 0.2) is 0 Å². The smallest absolute Gasteiger partial charge is 0.294 e. The van der Waals surface area contributed by atoms with Crippen molar-refractivity contribution in [1.29, 1.82) is 0 Å². The monoisotopic (exact) mass is 576 g/mol. The minimum Gasteiger partial charge on any atom is -0.294 e. The lowest BCUT2D eigenvalue weighted by Gasteiger charge is -2.29. The Bertz CT molecular complexity index is 1440. The summed E-state index contributed by atoms with van der Waals surface area (Å²) in [5.41, 5.74) is 3.12. The van der Waals surface area contributed by atoms with E-state index in [1.165, 1.54) is 56.3 Å². The highest BCUT2D eigenvalue weighted by Gasteiger charge is 2.34. The number of rotatable bonds is 9. The quantitative estimate of drug-likeness (QED) is 0.294. The van der Waals surface area contributed by atoms with Crippen molar-refractivity contribution in [3.8, 4) is 0 Å². The summed E-state index contributed by atoms with van der Waals surface area (Å²) in [5.74, 6) is -0.986. The van der Waals surface area contributed by atoms with Crippen molar-refractivity contribution in [3.63, 3.8) is 0 Å². The van der Waals surface area contributed by atoms with Crippen LogP contribution in [-0.4, -0.2) is 29.8 Å². The second-order valence-electron chi connectivity index (χ2n) is 10.8. The number of sulfonamides is 1. The SMILES string of the molecule is O=S(=O)(Nc1ccc(CCCC2CCCC2)cc1F)c1ccc2c(c1)CCN(Cc1cnc(C(F)(F)F)nc1)C2. The lowest BCUT2D eigenvalue weighted by atomic mass is 9.98. The molecule has 1 fully saturated rings. The Kier molecular flexibility index (Phi) is 8.42. The van der Waals surface area contributed by atoms with Gasteiger partial charge in [0.2, 0.25) is 5.82 Å². The Morgan fingerprint density at radius 3 is 2.42 bits per heavy atom. The van der Waals surface area contributed by atoms with E-state index in [9.17, 15) is 26.0 Å². The van der Waals surface area contributed by atoms with Crippen LogP contribution in [0.1, 0.15) is 66.6 Å². The van der Waals surface area contributed by atoms with Crippen molar-refractivity contribution in [2.45, 2.75) is 75.5 Å². The summed E-state index contributed by atoms with van der Waals surface area (Å²) >= 11 is 0. The van der Waals surface area contributed by atoms with Gasteiger partial charge in [-0.05, 0) is 66.1 Å². The van der Waals surface area contributed by atoms with E-state index in [-0.39, 0.29) is 10.6 Å². The van der Waals surface area contributed by atoms with E-state index in [0.717, 1.165) is 41.9 Å². The summed E-state index contributed by atoms with van der Waals surface area (Å²) in [6.07, 6.45) is 6.43. The van der Waals surface area contributed by atoms with Crippen LogP contribution in [0.15, 0.2) is 53.7 Å². The van der Waals surface area contributed by atoms with Gasteiger partial charge < -0.3 is 0 Å². The number of anilines is 1. The molecule has 0 radical (unpaired) electrons. The largest absolute Gasteiger partial charge is 0.451 e. The first-order valence-electron chi connectivity index (χ1n) is 13.6. The molecule has 0 amide bonds. The van der Waals surface area contributed by atoms with Crippen LogP contribution in [0, 0.1) is 11.7 Å². The Morgan fingerprint density at radius 1 is 0.975 bits per heavy atom. The molecule has 2 heterocycles. The van der Waals surface area contributed by atoms with Crippen LogP contribution < -0.4 is 4.72 Å². The van der Waals surface area contributed by atoms with Crippen LogP contribution in [-0.2, 0) is 42.1 Å². The number of aryl methyl sites for hydroxylation is 1. The number of alkyl halides is 3. The van der Waals surface area contributed by atoms with Gasteiger partial charge in [-0.1, -0.05) is 44.2 Å². The van der Waals surface area contributed by atoms with Crippen LogP contribution in [0.2, 0.25) is 0 Å². The summed E-state index contributed by atoms with van der Waals surface area (Å²) < 4.78 is 81.4. The second kappa shape index (κ2) is 11.8. The summed E-state index contributed by atoms with van der Waals surface area (Å²) in [4.78, 5) is 8.90. The van der Waals surface area contributed by atoms with Gasteiger partial charge in [0, 0.05) is 37.6 Å². The van der Waals surface area contributed by atoms with Crippen LogP contribution in [0.4, 0.5) is 23.2 Å².